The van der Waals surface area contributed by atoms with E-state index in [0.29, 0.717) is 16.4 Å². The maximum atomic E-state index is 13.1. The summed E-state index contributed by atoms with van der Waals surface area (Å²) < 4.78 is 39.4. The molecule has 112 valence electrons. The molecule has 5 heteroatoms. The number of phenols is 1. The van der Waals surface area contributed by atoms with Crippen LogP contribution in [0.25, 0.3) is 0 Å². The van der Waals surface area contributed by atoms with Gasteiger partial charge in [-0.1, -0.05) is 26.8 Å². The summed E-state index contributed by atoms with van der Waals surface area (Å²) in [5.41, 5.74) is 1.57. The van der Waals surface area contributed by atoms with Crippen molar-refractivity contribution in [2.45, 2.75) is 26.9 Å². The molecule has 2 rings (SSSR count). The monoisotopic (exact) mass is 312 g/mol. The zero-order valence-electron chi connectivity index (χ0n) is 12.0. The highest BCUT2D eigenvalue weighted by Crippen LogP contribution is 2.33. The van der Waals surface area contributed by atoms with E-state index in [9.17, 15) is 18.3 Å². The summed E-state index contributed by atoms with van der Waals surface area (Å²) >= 11 is 0. The van der Waals surface area contributed by atoms with E-state index in [4.69, 9.17) is 0 Å². The third-order valence-electron chi connectivity index (χ3n) is 3.28. The second-order valence-corrected chi connectivity index (χ2v) is 6.39. The molecule has 0 aliphatic heterocycles. The number of aromatic hydroxyl groups is 1. The second-order valence-electron chi connectivity index (χ2n) is 5.10. The first-order valence-electron chi connectivity index (χ1n) is 6.44. The highest BCUT2D eigenvalue weighted by molar-refractivity contribution is 7.56. The summed E-state index contributed by atoms with van der Waals surface area (Å²) in [6.45, 7) is 5.28. The number of halogens is 3. The Morgan fingerprint density at radius 1 is 1.00 bits per heavy atom. The summed E-state index contributed by atoms with van der Waals surface area (Å²) in [6, 6.07) is 7.72. The third-order valence-corrected chi connectivity index (χ3v) is 4.85. The van der Waals surface area contributed by atoms with Gasteiger partial charge in [0.2, 0.25) is 0 Å². The summed E-state index contributed by atoms with van der Waals surface area (Å²) in [7, 11) is -0.230. The van der Waals surface area contributed by atoms with Crippen LogP contribution in [0.4, 0.5) is 13.2 Å². The van der Waals surface area contributed by atoms with Gasteiger partial charge in [-0.2, -0.15) is 13.2 Å². The third kappa shape index (κ3) is 3.38. The Kier molecular flexibility index (Phi) is 4.29. The molecule has 2 aromatic carbocycles. The molecule has 1 N–H and O–H groups in total. The largest absolute Gasteiger partial charge is 0.507 e. The number of rotatable bonds is 2. The van der Waals surface area contributed by atoms with Gasteiger partial charge in [0, 0.05) is 5.30 Å². The molecule has 0 aromatic heterocycles. The number of benzene rings is 2. The van der Waals surface area contributed by atoms with Gasteiger partial charge in [0.05, 0.1) is 5.56 Å². The molecule has 0 saturated carbocycles. The second kappa shape index (κ2) is 5.69. The average Bonchev–Trinajstić information content (AvgIpc) is 2.36. The zero-order valence-corrected chi connectivity index (χ0v) is 13.0. The minimum Gasteiger partial charge on any atom is -0.507 e. The average molecular weight is 312 g/mol. The van der Waals surface area contributed by atoms with Gasteiger partial charge in [-0.15, -0.1) is 0 Å². The predicted octanol–water partition coefficient (Wildman–Crippen LogP) is 3.97. The molecule has 1 unspecified atom stereocenters. The molecule has 0 fully saturated rings. The summed E-state index contributed by atoms with van der Waals surface area (Å²) in [4.78, 5) is 0. The minimum absolute atomic E-state index is 0.0790. The van der Waals surface area contributed by atoms with E-state index in [2.05, 4.69) is 0 Å². The molecule has 0 radical (unpaired) electrons. The smallest absolute Gasteiger partial charge is 0.417 e. The molecule has 0 spiro atoms. The fourth-order valence-electron chi connectivity index (χ4n) is 2.26. The van der Waals surface area contributed by atoms with Crippen LogP contribution in [0.3, 0.4) is 0 Å². The van der Waals surface area contributed by atoms with Crippen molar-refractivity contribution >= 4 is 19.2 Å². The fourth-order valence-corrected chi connectivity index (χ4v) is 3.78. The molecule has 0 aliphatic rings. The molecular formula is C16H16F3OP. The highest BCUT2D eigenvalue weighted by Gasteiger charge is 2.33. The molecule has 1 atom stereocenters. The number of hydrogen-bond donors (Lipinski definition) is 1. The van der Waals surface area contributed by atoms with Crippen LogP contribution in [0, 0.1) is 20.8 Å². The Balaban J connectivity index is 2.55. The molecule has 0 bridgehead atoms. The molecule has 0 saturated heterocycles. The van der Waals surface area contributed by atoms with Crippen molar-refractivity contribution in [1.82, 2.24) is 0 Å². The van der Waals surface area contributed by atoms with Crippen LogP contribution < -0.4 is 10.6 Å². The number of alkyl halides is 3. The van der Waals surface area contributed by atoms with Gasteiger partial charge in [-0.05, 0) is 54.9 Å². The van der Waals surface area contributed by atoms with E-state index in [1.807, 2.05) is 13.0 Å². The first kappa shape index (κ1) is 15.8. The summed E-state index contributed by atoms with van der Waals surface area (Å²) in [5.74, 6) is 0.0790. The van der Waals surface area contributed by atoms with E-state index in [-0.39, 0.29) is 19.6 Å². The Labute approximate surface area is 123 Å². The SMILES string of the molecule is Cc1cc(C)c(O)c(Pc2c(C)cccc2C(F)(F)F)c1. The fraction of sp³-hybridized carbons (Fsp3) is 0.250. The van der Waals surface area contributed by atoms with Crippen LogP contribution in [-0.4, -0.2) is 5.11 Å². The van der Waals surface area contributed by atoms with Gasteiger partial charge in [-0.25, -0.2) is 0 Å². The van der Waals surface area contributed by atoms with Crippen LogP contribution in [0.2, 0.25) is 0 Å². The van der Waals surface area contributed by atoms with Crippen LogP contribution in [0.5, 0.6) is 5.75 Å². The Morgan fingerprint density at radius 3 is 2.29 bits per heavy atom. The van der Waals surface area contributed by atoms with E-state index in [1.54, 1.807) is 26.0 Å². The first-order valence-corrected chi connectivity index (χ1v) is 7.44. The van der Waals surface area contributed by atoms with Gasteiger partial charge in [0.1, 0.15) is 5.75 Å². The Morgan fingerprint density at radius 2 is 1.67 bits per heavy atom. The normalized spacial score (nSPS) is 12.3. The van der Waals surface area contributed by atoms with Crippen LogP contribution >= 0.6 is 8.58 Å². The summed E-state index contributed by atoms with van der Waals surface area (Å²) in [5, 5.41) is 10.9. The van der Waals surface area contributed by atoms with Crippen molar-refractivity contribution < 1.29 is 18.3 Å². The van der Waals surface area contributed by atoms with Crippen LogP contribution in [0.15, 0.2) is 30.3 Å². The van der Waals surface area contributed by atoms with E-state index < -0.39 is 11.7 Å². The van der Waals surface area contributed by atoms with Gasteiger partial charge >= 0.3 is 6.18 Å². The van der Waals surface area contributed by atoms with Gasteiger partial charge in [-0.3, -0.25) is 0 Å². The van der Waals surface area contributed by atoms with Crippen molar-refractivity contribution in [3.8, 4) is 5.75 Å². The molecule has 21 heavy (non-hydrogen) atoms. The number of phenolic OH excluding ortho intramolecular Hbond substituents is 1. The topological polar surface area (TPSA) is 20.2 Å². The van der Waals surface area contributed by atoms with E-state index in [0.717, 1.165) is 11.6 Å². The van der Waals surface area contributed by atoms with Gasteiger partial charge in [0.15, 0.2) is 0 Å². The number of aryl methyl sites for hydroxylation is 3. The lowest BCUT2D eigenvalue weighted by Gasteiger charge is -2.16. The van der Waals surface area contributed by atoms with Crippen molar-refractivity contribution in [3.63, 3.8) is 0 Å². The number of hydrogen-bond acceptors (Lipinski definition) is 1. The van der Waals surface area contributed by atoms with Crippen LogP contribution in [-0.2, 0) is 6.18 Å². The van der Waals surface area contributed by atoms with Gasteiger partial charge in [0.25, 0.3) is 0 Å². The summed E-state index contributed by atoms with van der Waals surface area (Å²) in [6.07, 6.45) is -4.39. The zero-order chi connectivity index (χ0) is 15.8. The quantitative estimate of drug-likeness (QED) is 0.832. The molecule has 2 aromatic rings. The van der Waals surface area contributed by atoms with Crippen molar-refractivity contribution in [2.75, 3.05) is 0 Å². The standard InChI is InChI=1S/C16H16F3OP/c1-9-7-11(3)14(20)13(8-9)21-15-10(2)5-4-6-12(15)16(17,18)19/h4-8,20-21H,1-3H3. The molecular weight excluding hydrogens is 296 g/mol. The maximum Gasteiger partial charge on any atom is 0.417 e. The van der Waals surface area contributed by atoms with Crippen molar-refractivity contribution in [1.29, 1.82) is 0 Å². The maximum absolute atomic E-state index is 13.1. The molecule has 0 heterocycles. The van der Waals surface area contributed by atoms with Crippen LogP contribution in [0.1, 0.15) is 22.3 Å². The lowest BCUT2D eigenvalue weighted by atomic mass is 10.1. The Hall–Kier alpha value is -1.54. The van der Waals surface area contributed by atoms with Crippen molar-refractivity contribution in [2.24, 2.45) is 0 Å². The molecule has 0 aliphatic carbocycles. The predicted molar refractivity (Wildman–Crippen MR) is 81.3 cm³/mol. The molecule has 0 amide bonds. The molecule has 1 nitrogen and oxygen atoms in total. The van der Waals surface area contributed by atoms with E-state index >= 15 is 0 Å². The highest BCUT2D eigenvalue weighted by atomic mass is 31.1. The van der Waals surface area contributed by atoms with Crippen molar-refractivity contribution in [3.05, 3.63) is 52.6 Å². The minimum atomic E-state index is -4.39. The lowest BCUT2D eigenvalue weighted by Crippen LogP contribution is -2.20. The Bertz CT molecular complexity index is 678. The lowest BCUT2D eigenvalue weighted by molar-refractivity contribution is -0.136. The first-order chi connectivity index (χ1) is 9.70. The van der Waals surface area contributed by atoms with Gasteiger partial charge < -0.3 is 5.11 Å². The van der Waals surface area contributed by atoms with E-state index in [1.165, 1.54) is 6.07 Å².